The summed E-state index contributed by atoms with van der Waals surface area (Å²) in [6.45, 7) is 4.68. The number of hydrogen-bond acceptors (Lipinski definition) is 2. The summed E-state index contributed by atoms with van der Waals surface area (Å²) in [6.07, 6.45) is 1.19. The van der Waals surface area contributed by atoms with E-state index in [2.05, 4.69) is 35.4 Å². The van der Waals surface area contributed by atoms with Crippen molar-refractivity contribution in [3.8, 4) is 0 Å². The van der Waals surface area contributed by atoms with Crippen LogP contribution in [0.5, 0.6) is 0 Å². The number of nitrogens with zero attached hydrogens (tertiary/aromatic N) is 1. The molecule has 2 rings (SSSR count). The van der Waals surface area contributed by atoms with Gasteiger partial charge < -0.3 is 5.32 Å². The summed E-state index contributed by atoms with van der Waals surface area (Å²) in [5.74, 6) is 0.0864. The molecule has 18 heavy (non-hydrogen) atoms. The molecule has 0 fully saturated rings. The molecule has 0 unspecified atom stereocenters. The minimum Gasteiger partial charge on any atom is -0.356 e. The van der Waals surface area contributed by atoms with E-state index in [1.54, 1.807) is 0 Å². The summed E-state index contributed by atoms with van der Waals surface area (Å²) in [5, 5.41) is 3.94. The predicted molar refractivity (Wildman–Crippen MR) is 73.5 cm³/mol. The second-order valence-electron chi connectivity index (χ2n) is 4.45. The minimum atomic E-state index is 0.0864. The highest BCUT2D eigenvalue weighted by molar-refractivity contribution is 5.79. The van der Waals surface area contributed by atoms with E-state index in [9.17, 15) is 4.79 Å². The molecule has 0 saturated carbocycles. The molecule has 0 atom stereocenters. The van der Waals surface area contributed by atoms with Gasteiger partial charge in [-0.2, -0.15) is 0 Å². The number of hydrogen-bond donors (Lipinski definition) is 1. The van der Waals surface area contributed by atoms with Crippen molar-refractivity contribution in [1.29, 1.82) is 0 Å². The number of amides is 1. The highest BCUT2D eigenvalue weighted by Crippen LogP contribution is 2.15. The molecule has 3 nitrogen and oxygen atoms in total. The molecule has 1 heterocycles. The number of carbonyl (C=O) groups excluding carboxylic acids is 1. The fraction of sp³-hybridized carbons (Fsp3) is 0.333. The quantitative estimate of drug-likeness (QED) is 0.895. The first-order chi connectivity index (χ1) is 8.69. The van der Waals surface area contributed by atoms with Gasteiger partial charge in [0.2, 0.25) is 5.91 Å². The molecular formula is C15H18N2O. The molecule has 0 radical (unpaired) electrons. The van der Waals surface area contributed by atoms with Crippen LogP contribution in [0.15, 0.2) is 30.3 Å². The topological polar surface area (TPSA) is 42.0 Å². The number of carbonyl (C=O) groups is 1. The third kappa shape index (κ3) is 3.06. The Morgan fingerprint density at radius 3 is 2.89 bits per heavy atom. The molecule has 94 valence electrons. The predicted octanol–water partition coefficient (Wildman–Crippen LogP) is 2.61. The van der Waals surface area contributed by atoms with Crippen LogP contribution in [0.3, 0.4) is 0 Å². The average molecular weight is 242 g/mol. The number of aromatic nitrogens is 1. The van der Waals surface area contributed by atoms with Crippen molar-refractivity contribution < 1.29 is 4.79 Å². The summed E-state index contributed by atoms with van der Waals surface area (Å²) in [6, 6.07) is 10.3. The van der Waals surface area contributed by atoms with Gasteiger partial charge in [0.15, 0.2) is 0 Å². The van der Waals surface area contributed by atoms with Crippen molar-refractivity contribution in [2.24, 2.45) is 0 Å². The van der Waals surface area contributed by atoms with Gasteiger partial charge in [0.25, 0.3) is 0 Å². The van der Waals surface area contributed by atoms with Gasteiger partial charge in [0, 0.05) is 24.0 Å². The Labute approximate surface area is 107 Å². The van der Waals surface area contributed by atoms with Crippen LogP contribution in [0.4, 0.5) is 0 Å². The molecular weight excluding hydrogens is 224 g/mol. The van der Waals surface area contributed by atoms with Gasteiger partial charge in [0.1, 0.15) is 0 Å². The number of fused-ring (bicyclic) bond motifs is 1. The van der Waals surface area contributed by atoms with Crippen LogP contribution in [-0.4, -0.2) is 17.4 Å². The fourth-order valence-corrected chi connectivity index (χ4v) is 1.95. The van der Waals surface area contributed by atoms with E-state index in [-0.39, 0.29) is 5.91 Å². The van der Waals surface area contributed by atoms with Crippen LogP contribution < -0.4 is 5.32 Å². The molecule has 1 amide bonds. The highest BCUT2D eigenvalue weighted by Gasteiger charge is 2.03. The molecule has 0 aliphatic heterocycles. The summed E-state index contributed by atoms with van der Waals surface area (Å²) in [5.41, 5.74) is 3.20. The molecule has 1 aromatic carbocycles. The lowest BCUT2D eigenvalue weighted by atomic mass is 10.1. The van der Waals surface area contributed by atoms with Crippen LogP contribution in [0.25, 0.3) is 10.9 Å². The zero-order chi connectivity index (χ0) is 13.0. The largest absolute Gasteiger partial charge is 0.356 e. The van der Waals surface area contributed by atoms with E-state index in [4.69, 9.17) is 0 Å². The first-order valence-electron chi connectivity index (χ1n) is 6.32. The van der Waals surface area contributed by atoms with Gasteiger partial charge in [-0.25, -0.2) is 0 Å². The van der Waals surface area contributed by atoms with E-state index < -0.39 is 0 Å². The number of aryl methyl sites for hydroxylation is 2. The maximum absolute atomic E-state index is 11.4. The first-order valence-corrected chi connectivity index (χ1v) is 6.32. The normalized spacial score (nSPS) is 10.6. The molecule has 3 heteroatoms. The molecule has 0 bridgehead atoms. The zero-order valence-corrected chi connectivity index (χ0v) is 10.9. The van der Waals surface area contributed by atoms with E-state index in [1.165, 1.54) is 5.56 Å². The van der Waals surface area contributed by atoms with Gasteiger partial charge in [-0.15, -0.1) is 0 Å². The molecule has 0 aliphatic carbocycles. The van der Waals surface area contributed by atoms with Crippen molar-refractivity contribution in [1.82, 2.24) is 10.3 Å². The Hall–Kier alpha value is -1.90. The van der Waals surface area contributed by atoms with Crippen LogP contribution in [0.1, 0.15) is 24.6 Å². The maximum atomic E-state index is 11.4. The molecule has 0 saturated heterocycles. The average Bonchev–Trinajstić information content (AvgIpc) is 2.36. The highest BCUT2D eigenvalue weighted by atomic mass is 16.1. The molecule has 0 spiro atoms. The standard InChI is InChI=1S/C15H18N2O/c1-3-16-15(18)9-7-13-6-5-12-10-11(2)4-8-14(12)17-13/h4-6,8,10H,3,7,9H2,1-2H3,(H,16,18). The van der Waals surface area contributed by atoms with Gasteiger partial charge in [-0.3, -0.25) is 9.78 Å². The summed E-state index contributed by atoms with van der Waals surface area (Å²) >= 11 is 0. The smallest absolute Gasteiger partial charge is 0.220 e. The third-order valence-electron chi connectivity index (χ3n) is 2.88. The third-order valence-corrected chi connectivity index (χ3v) is 2.88. The van der Waals surface area contributed by atoms with Gasteiger partial charge in [-0.1, -0.05) is 17.7 Å². The summed E-state index contributed by atoms with van der Waals surface area (Å²) in [4.78, 5) is 16.0. The SMILES string of the molecule is CCNC(=O)CCc1ccc2cc(C)ccc2n1. The van der Waals surface area contributed by atoms with Gasteiger partial charge >= 0.3 is 0 Å². The van der Waals surface area contributed by atoms with Crippen molar-refractivity contribution in [3.63, 3.8) is 0 Å². The van der Waals surface area contributed by atoms with Gasteiger partial charge in [0.05, 0.1) is 5.52 Å². The Morgan fingerprint density at radius 2 is 2.11 bits per heavy atom. The second kappa shape index (κ2) is 5.63. The summed E-state index contributed by atoms with van der Waals surface area (Å²) in [7, 11) is 0. The number of pyridine rings is 1. The maximum Gasteiger partial charge on any atom is 0.220 e. The monoisotopic (exact) mass is 242 g/mol. The second-order valence-corrected chi connectivity index (χ2v) is 4.45. The van der Waals surface area contributed by atoms with Crippen LogP contribution in [0.2, 0.25) is 0 Å². The van der Waals surface area contributed by atoms with Crippen LogP contribution >= 0.6 is 0 Å². The van der Waals surface area contributed by atoms with Crippen molar-refractivity contribution in [3.05, 3.63) is 41.6 Å². The number of rotatable bonds is 4. The zero-order valence-electron chi connectivity index (χ0n) is 10.9. The summed E-state index contributed by atoms with van der Waals surface area (Å²) < 4.78 is 0. The molecule has 0 aliphatic rings. The van der Waals surface area contributed by atoms with E-state index >= 15 is 0 Å². The molecule has 2 aromatic rings. The first kappa shape index (κ1) is 12.6. The van der Waals surface area contributed by atoms with Crippen molar-refractivity contribution >= 4 is 16.8 Å². The Morgan fingerprint density at radius 1 is 1.28 bits per heavy atom. The van der Waals surface area contributed by atoms with E-state index in [0.29, 0.717) is 19.4 Å². The van der Waals surface area contributed by atoms with Gasteiger partial charge in [-0.05, 0) is 38.5 Å². The minimum absolute atomic E-state index is 0.0864. The van der Waals surface area contributed by atoms with Crippen LogP contribution in [0, 0.1) is 6.92 Å². The van der Waals surface area contributed by atoms with E-state index in [0.717, 1.165) is 16.6 Å². The Kier molecular flexibility index (Phi) is 3.92. The molecule has 1 aromatic heterocycles. The lowest BCUT2D eigenvalue weighted by Crippen LogP contribution is -2.22. The van der Waals surface area contributed by atoms with E-state index in [1.807, 2.05) is 19.1 Å². The lowest BCUT2D eigenvalue weighted by molar-refractivity contribution is -0.120. The Bertz CT molecular complexity index is 563. The fourth-order valence-electron chi connectivity index (χ4n) is 1.95. The Balaban J connectivity index is 2.10. The van der Waals surface area contributed by atoms with Crippen molar-refractivity contribution in [2.75, 3.05) is 6.54 Å². The number of benzene rings is 1. The molecule has 1 N–H and O–H groups in total. The lowest BCUT2D eigenvalue weighted by Gasteiger charge is -2.04. The number of nitrogens with one attached hydrogen (secondary N) is 1. The van der Waals surface area contributed by atoms with Crippen molar-refractivity contribution in [2.45, 2.75) is 26.7 Å². The van der Waals surface area contributed by atoms with Crippen LogP contribution in [-0.2, 0) is 11.2 Å².